The molecule has 0 radical (unpaired) electrons. The normalized spacial score (nSPS) is 21.2. The molecule has 3 N–H and O–H groups in total. The Bertz CT molecular complexity index is 1240. The average molecular weight is 515 g/mol. The number of benzene rings is 1. The van der Waals surface area contributed by atoms with Gasteiger partial charge in [-0.3, -0.25) is 0 Å². The standard InChI is InChI=1S/C28H33F3N4S/c1-3-19-12-22(36-2)9-10-24(19)33-11-5-6-21-13-23-25(34-20-14-27(15-20)16-32-17-27)7-4-8-26(23)35(21)18-28(29,30)31/h4,7-8,10,12-13,20,22,32-34H,3,9,11,14-18H2,1-2H3. The Morgan fingerprint density at radius 3 is 2.72 bits per heavy atom. The molecule has 1 saturated carbocycles. The van der Waals surface area contributed by atoms with Crippen LogP contribution in [0.25, 0.3) is 10.9 Å². The number of hydrogen-bond donors (Lipinski definition) is 3. The summed E-state index contributed by atoms with van der Waals surface area (Å²) in [6.45, 7) is 3.58. The summed E-state index contributed by atoms with van der Waals surface area (Å²) < 4.78 is 41.8. The fraction of sp³-hybridized carbons (Fsp3) is 0.500. The molecule has 36 heavy (non-hydrogen) atoms. The van der Waals surface area contributed by atoms with Gasteiger partial charge in [-0.15, -0.1) is 0 Å². The van der Waals surface area contributed by atoms with E-state index in [1.54, 1.807) is 12.1 Å². The molecule has 1 aromatic heterocycles. The lowest BCUT2D eigenvalue weighted by molar-refractivity contribution is -0.140. The third kappa shape index (κ3) is 5.28. The molecule has 1 aromatic carbocycles. The Balaban J connectivity index is 1.35. The molecule has 2 heterocycles. The number of rotatable bonds is 7. The number of nitrogens with one attached hydrogen (secondary N) is 3. The quantitative estimate of drug-likeness (QED) is 0.417. The van der Waals surface area contributed by atoms with Gasteiger partial charge < -0.3 is 20.5 Å². The van der Waals surface area contributed by atoms with Gasteiger partial charge in [0.05, 0.1) is 17.8 Å². The maximum absolute atomic E-state index is 13.5. The van der Waals surface area contributed by atoms with E-state index in [2.05, 4.69) is 53.1 Å². The molecule has 5 rings (SSSR count). The van der Waals surface area contributed by atoms with Gasteiger partial charge in [0.2, 0.25) is 0 Å². The van der Waals surface area contributed by atoms with Gasteiger partial charge in [0.15, 0.2) is 0 Å². The summed E-state index contributed by atoms with van der Waals surface area (Å²) in [4.78, 5) is 0. The maximum Gasteiger partial charge on any atom is 0.406 e. The zero-order chi connectivity index (χ0) is 25.3. The number of fused-ring (bicyclic) bond motifs is 1. The van der Waals surface area contributed by atoms with Crippen LogP contribution in [0, 0.1) is 17.3 Å². The smallest absolute Gasteiger partial charge is 0.382 e. The molecule has 192 valence electrons. The fourth-order valence-corrected chi connectivity index (χ4v) is 6.21. The van der Waals surface area contributed by atoms with Crippen LogP contribution >= 0.6 is 11.8 Å². The summed E-state index contributed by atoms with van der Waals surface area (Å²) in [7, 11) is 0. The third-order valence-corrected chi connectivity index (χ3v) is 8.49. The van der Waals surface area contributed by atoms with Crippen molar-refractivity contribution in [3.05, 3.63) is 53.4 Å². The van der Waals surface area contributed by atoms with E-state index in [1.807, 2.05) is 23.9 Å². The second-order valence-electron chi connectivity index (χ2n) is 10.2. The van der Waals surface area contributed by atoms with Gasteiger partial charge in [-0.25, -0.2) is 0 Å². The van der Waals surface area contributed by atoms with E-state index in [-0.39, 0.29) is 0 Å². The molecule has 1 atom stereocenters. The molecule has 0 amide bonds. The van der Waals surface area contributed by atoms with Crippen molar-refractivity contribution in [2.24, 2.45) is 5.41 Å². The summed E-state index contributed by atoms with van der Waals surface area (Å²) in [5.74, 6) is 6.09. The van der Waals surface area contributed by atoms with E-state index in [9.17, 15) is 13.2 Å². The van der Waals surface area contributed by atoms with Crippen molar-refractivity contribution in [1.29, 1.82) is 0 Å². The van der Waals surface area contributed by atoms with E-state index in [0.29, 0.717) is 34.5 Å². The van der Waals surface area contributed by atoms with E-state index in [1.165, 1.54) is 10.1 Å². The second-order valence-corrected chi connectivity index (χ2v) is 11.2. The van der Waals surface area contributed by atoms with Crippen molar-refractivity contribution in [3.63, 3.8) is 0 Å². The molecule has 0 bridgehead atoms. The van der Waals surface area contributed by atoms with Crippen molar-refractivity contribution < 1.29 is 13.2 Å². The van der Waals surface area contributed by atoms with E-state index >= 15 is 0 Å². The van der Waals surface area contributed by atoms with E-state index < -0.39 is 12.7 Å². The van der Waals surface area contributed by atoms with Crippen molar-refractivity contribution in [1.82, 2.24) is 15.2 Å². The lowest BCUT2D eigenvalue weighted by atomic mass is 9.61. The van der Waals surface area contributed by atoms with Crippen LogP contribution in [0.3, 0.4) is 0 Å². The lowest BCUT2D eigenvalue weighted by Crippen LogP contribution is -2.63. The van der Waals surface area contributed by atoms with Gasteiger partial charge >= 0.3 is 6.18 Å². The molecule has 1 unspecified atom stereocenters. The van der Waals surface area contributed by atoms with Gasteiger partial charge in [-0.1, -0.05) is 31.1 Å². The number of hydrogen-bond acceptors (Lipinski definition) is 4. The van der Waals surface area contributed by atoms with Gasteiger partial charge in [0.25, 0.3) is 0 Å². The van der Waals surface area contributed by atoms with Crippen LogP contribution < -0.4 is 16.0 Å². The highest BCUT2D eigenvalue weighted by Crippen LogP contribution is 2.46. The zero-order valence-electron chi connectivity index (χ0n) is 20.8. The van der Waals surface area contributed by atoms with Gasteiger partial charge in [0, 0.05) is 41.2 Å². The Labute approximate surface area is 215 Å². The van der Waals surface area contributed by atoms with Crippen LogP contribution in [-0.4, -0.2) is 47.9 Å². The maximum atomic E-state index is 13.5. The predicted molar refractivity (Wildman–Crippen MR) is 143 cm³/mol. The molecule has 8 heteroatoms. The molecule has 1 saturated heterocycles. The Hall–Kier alpha value is -2.50. The van der Waals surface area contributed by atoms with Crippen molar-refractivity contribution >= 4 is 28.4 Å². The predicted octanol–water partition coefficient (Wildman–Crippen LogP) is 5.66. The molecular formula is C28H33F3N4S. The number of halogens is 3. The molecule has 2 aliphatic carbocycles. The highest BCUT2D eigenvalue weighted by Gasteiger charge is 2.48. The monoisotopic (exact) mass is 514 g/mol. The van der Waals surface area contributed by atoms with Crippen molar-refractivity contribution in [3.8, 4) is 11.8 Å². The SMILES string of the molecule is CCC1=CC(SC)CC=C1NCC#Cc1cc2c(NC3CC4(CNC4)C3)cccc2n1CC(F)(F)F. The molecule has 4 nitrogen and oxygen atoms in total. The summed E-state index contributed by atoms with van der Waals surface area (Å²) in [6.07, 6.45) is 6.36. The molecule has 3 aliphatic rings. The van der Waals surface area contributed by atoms with Crippen LogP contribution in [0.1, 0.15) is 38.3 Å². The lowest BCUT2D eigenvalue weighted by Gasteiger charge is -2.54. The largest absolute Gasteiger partial charge is 0.406 e. The van der Waals surface area contributed by atoms with E-state index in [4.69, 9.17) is 0 Å². The number of thioether (sulfide) groups is 1. The minimum atomic E-state index is -4.33. The zero-order valence-corrected chi connectivity index (χ0v) is 21.6. The highest BCUT2D eigenvalue weighted by molar-refractivity contribution is 7.99. The number of nitrogens with zero attached hydrogens (tertiary/aromatic N) is 1. The molecule has 1 spiro atoms. The molecule has 1 aliphatic heterocycles. The Kier molecular flexibility index (Phi) is 7.06. The first-order valence-corrected chi connectivity index (χ1v) is 13.9. The van der Waals surface area contributed by atoms with Crippen molar-refractivity contribution in [2.75, 3.05) is 31.2 Å². The fourth-order valence-electron chi connectivity index (χ4n) is 5.62. The summed E-state index contributed by atoms with van der Waals surface area (Å²) in [5.41, 5.74) is 4.60. The Morgan fingerprint density at radius 2 is 2.06 bits per heavy atom. The van der Waals surface area contributed by atoms with Gasteiger partial charge in [0.1, 0.15) is 6.54 Å². The summed E-state index contributed by atoms with van der Waals surface area (Å²) in [5, 5.41) is 11.6. The van der Waals surface area contributed by atoms with Crippen LogP contribution in [0.2, 0.25) is 0 Å². The van der Waals surface area contributed by atoms with Crippen LogP contribution in [0.15, 0.2) is 47.7 Å². The number of aromatic nitrogens is 1. The van der Waals surface area contributed by atoms with Gasteiger partial charge in [-0.2, -0.15) is 24.9 Å². The Morgan fingerprint density at radius 1 is 1.25 bits per heavy atom. The summed E-state index contributed by atoms with van der Waals surface area (Å²) in [6, 6.07) is 7.69. The number of alkyl halides is 3. The molecule has 2 fully saturated rings. The third-order valence-electron chi connectivity index (χ3n) is 7.56. The van der Waals surface area contributed by atoms with Crippen LogP contribution in [0.4, 0.5) is 18.9 Å². The van der Waals surface area contributed by atoms with Crippen molar-refractivity contribution in [2.45, 2.75) is 56.6 Å². The molecule has 2 aromatic rings. The van der Waals surface area contributed by atoms with Crippen LogP contribution in [-0.2, 0) is 6.54 Å². The number of anilines is 1. The average Bonchev–Trinajstić information content (AvgIpc) is 3.14. The first-order valence-electron chi connectivity index (χ1n) is 12.6. The minimum Gasteiger partial charge on any atom is -0.382 e. The number of allylic oxidation sites excluding steroid dienone is 2. The first kappa shape index (κ1) is 25.2. The second kappa shape index (κ2) is 10.1. The minimum absolute atomic E-state index is 0.359. The van der Waals surface area contributed by atoms with Crippen LogP contribution in [0.5, 0.6) is 0 Å². The van der Waals surface area contributed by atoms with Gasteiger partial charge in [-0.05, 0) is 67.0 Å². The van der Waals surface area contributed by atoms with E-state index in [0.717, 1.165) is 55.5 Å². The topological polar surface area (TPSA) is 41.0 Å². The first-order chi connectivity index (χ1) is 17.3. The summed E-state index contributed by atoms with van der Waals surface area (Å²) >= 11 is 1.83. The molecular weight excluding hydrogens is 481 g/mol. The highest BCUT2D eigenvalue weighted by atomic mass is 32.2.